The lowest BCUT2D eigenvalue weighted by molar-refractivity contribution is 0.590. The molecule has 0 unspecified atom stereocenters. The Morgan fingerprint density at radius 2 is 2.26 bits per heavy atom. The maximum Gasteiger partial charge on any atom is 0.195 e. The van der Waals surface area contributed by atoms with Crippen LogP contribution in [-0.2, 0) is 16.4 Å². The largest absolute Gasteiger partial charge is 0.299 e. The van der Waals surface area contributed by atoms with Crippen LogP contribution in [0.5, 0.6) is 0 Å². The van der Waals surface area contributed by atoms with Gasteiger partial charge in [0, 0.05) is 30.3 Å². The Kier molecular flexibility index (Phi) is 4.11. The second-order valence-corrected chi connectivity index (χ2v) is 6.84. The number of nitrogens with one attached hydrogen (secondary N) is 1. The number of nitrogens with zero attached hydrogens (tertiary/aromatic N) is 3. The van der Waals surface area contributed by atoms with Crippen LogP contribution < -0.4 is 0 Å². The summed E-state index contributed by atoms with van der Waals surface area (Å²) in [7, 11) is -3.04. The lowest BCUT2D eigenvalue weighted by atomic mass is 10.3. The van der Waals surface area contributed by atoms with Gasteiger partial charge in [-0.15, -0.1) is 0 Å². The van der Waals surface area contributed by atoms with E-state index in [1.54, 1.807) is 30.0 Å². The zero-order valence-corrected chi connectivity index (χ0v) is 12.0. The highest BCUT2D eigenvalue weighted by atomic mass is 32.2. The highest BCUT2D eigenvalue weighted by Gasteiger charge is 2.12. The summed E-state index contributed by atoms with van der Waals surface area (Å²) in [6.45, 7) is 1.92. The van der Waals surface area contributed by atoms with E-state index >= 15 is 0 Å². The SMILES string of the molecule is CCS(=O)(=O)CCn1c(-c2cccnc2)n[nH]c1=S. The Morgan fingerprint density at radius 1 is 1.47 bits per heavy atom. The molecule has 0 aromatic carbocycles. The van der Waals surface area contributed by atoms with Crippen molar-refractivity contribution in [2.45, 2.75) is 13.5 Å². The maximum atomic E-state index is 11.6. The molecule has 2 heterocycles. The molecular weight excluding hydrogens is 284 g/mol. The molecule has 6 nitrogen and oxygen atoms in total. The second kappa shape index (κ2) is 5.62. The lowest BCUT2D eigenvalue weighted by Crippen LogP contribution is -2.15. The minimum Gasteiger partial charge on any atom is -0.299 e. The number of pyridine rings is 1. The molecular formula is C11H14N4O2S2. The van der Waals surface area contributed by atoms with Crippen molar-refractivity contribution in [1.82, 2.24) is 19.7 Å². The summed E-state index contributed by atoms with van der Waals surface area (Å²) in [5.74, 6) is 0.773. The molecule has 2 rings (SSSR count). The van der Waals surface area contributed by atoms with Gasteiger partial charge in [0.1, 0.15) is 0 Å². The molecule has 2 aromatic rings. The first-order valence-electron chi connectivity index (χ1n) is 5.79. The van der Waals surface area contributed by atoms with Gasteiger partial charge in [-0.3, -0.25) is 14.6 Å². The van der Waals surface area contributed by atoms with Crippen LogP contribution in [0.15, 0.2) is 24.5 Å². The molecule has 2 aromatic heterocycles. The van der Waals surface area contributed by atoms with Gasteiger partial charge in [-0.2, -0.15) is 5.10 Å². The fraction of sp³-hybridized carbons (Fsp3) is 0.364. The van der Waals surface area contributed by atoms with E-state index in [0.717, 1.165) is 5.56 Å². The zero-order chi connectivity index (χ0) is 13.9. The van der Waals surface area contributed by atoms with Gasteiger partial charge in [0.25, 0.3) is 0 Å². The van der Waals surface area contributed by atoms with Gasteiger partial charge in [-0.1, -0.05) is 6.92 Å². The summed E-state index contributed by atoms with van der Waals surface area (Å²) in [5.41, 5.74) is 0.795. The molecule has 0 spiro atoms. The van der Waals surface area contributed by atoms with E-state index in [1.807, 2.05) is 6.07 Å². The predicted octanol–water partition coefficient (Wildman–Crippen LogP) is 1.44. The number of sulfone groups is 1. The van der Waals surface area contributed by atoms with Crippen LogP contribution in [0.1, 0.15) is 6.92 Å². The van der Waals surface area contributed by atoms with E-state index in [4.69, 9.17) is 12.2 Å². The molecule has 1 N–H and O–H groups in total. The van der Waals surface area contributed by atoms with Crippen molar-refractivity contribution < 1.29 is 8.42 Å². The maximum absolute atomic E-state index is 11.6. The summed E-state index contributed by atoms with van der Waals surface area (Å²) < 4.78 is 25.2. The molecule has 0 aliphatic heterocycles. The standard InChI is InChI=1S/C11H14N4O2S2/c1-2-19(16,17)7-6-15-10(13-14-11(15)18)9-4-3-5-12-8-9/h3-5,8H,2,6-7H2,1H3,(H,14,18). The van der Waals surface area contributed by atoms with Crippen LogP contribution in [0.3, 0.4) is 0 Å². The summed E-state index contributed by atoms with van der Waals surface area (Å²) in [6.07, 6.45) is 3.33. The van der Waals surface area contributed by atoms with Gasteiger partial charge in [0.2, 0.25) is 0 Å². The Balaban J connectivity index is 2.32. The van der Waals surface area contributed by atoms with Crippen LogP contribution >= 0.6 is 12.2 Å². The van der Waals surface area contributed by atoms with E-state index in [-0.39, 0.29) is 18.1 Å². The monoisotopic (exact) mass is 298 g/mol. The van der Waals surface area contributed by atoms with Gasteiger partial charge < -0.3 is 0 Å². The van der Waals surface area contributed by atoms with E-state index in [9.17, 15) is 8.42 Å². The van der Waals surface area contributed by atoms with Crippen molar-refractivity contribution in [2.24, 2.45) is 0 Å². The molecule has 0 atom stereocenters. The summed E-state index contributed by atoms with van der Waals surface area (Å²) in [4.78, 5) is 4.02. The first-order valence-corrected chi connectivity index (χ1v) is 8.02. The average molecular weight is 298 g/mol. The van der Waals surface area contributed by atoms with Crippen LogP contribution in [0.2, 0.25) is 0 Å². The third-order valence-electron chi connectivity index (χ3n) is 2.74. The van der Waals surface area contributed by atoms with Gasteiger partial charge in [-0.25, -0.2) is 8.42 Å². The minimum atomic E-state index is -3.04. The molecule has 0 fully saturated rings. The molecule has 19 heavy (non-hydrogen) atoms. The zero-order valence-electron chi connectivity index (χ0n) is 10.4. The van der Waals surface area contributed by atoms with E-state index in [1.165, 1.54) is 0 Å². The van der Waals surface area contributed by atoms with Crippen molar-refractivity contribution in [2.75, 3.05) is 11.5 Å². The fourth-order valence-corrected chi connectivity index (χ4v) is 2.59. The molecule has 0 aliphatic rings. The van der Waals surface area contributed by atoms with Gasteiger partial charge in [0.15, 0.2) is 20.4 Å². The average Bonchev–Trinajstić information content (AvgIpc) is 2.79. The molecule has 8 heteroatoms. The molecule has 0 aliphatic carbocycles. The third kappa shape index (κ3) is 3.27. The van der Waals surface area contributed by atoms with Gasteiger partial charge in [-0.05, 0) is 24.4 Å². The Hall–Kier alpha value is -1.54. The van der Waals surface area contributed by atoms with Crippen LogP contribution in [0.4, 0.5) is 0 Å². The Morgan fingerprint density at radius 3 is 2.89 bits per heavy atom. The highest BCUT2D eigenvalue weighted by Crippen LogP contribution is 2.15. The number of aromatic nitrogens is 4. The quantitative estimate of drug-likeness (QED) is 0.845. The summed E-state index contributed by atoms with van der Waals surface area (Å²) in [6, 6.07) is 3.64. The van der Waals surface area contributed by atoms with E-state index < -0.39 is 9.84 Å². The van der Waals surface area contributed by atoms with E-state index in [0.29, 0.717) is 10.6 Å². The second-order valence-electron chi connectivity index (χ2n) is 3.98. The Bertz CT molecular complexity index is 704. The molecule has 0 saturated carbocycles. The lowest BCUT2D eigenvalue weighted by Gasteiger charge is -2.06. The van der Waals surface area contributed by atoms with Crippen molar-refractivity contribution in [3.05, 3.63) is 29.3 Å². The molecule has 0 radical (unpaired) electrons. The highest BCUT2D eigenvalue weighted by molar-refractivity contribution is 7.91. The van der Waals surface area contributed by atoms with Crippen molar-refractivity contribution in [3.63, 3.8) is 0 Å². The molecule has 0 saturated heterocycles. The van der Waals surface area contributed by atoms with Crippen molar-refractivity contribution in [3.8, 4) is 11.4 Å². The van der Waals surface area contributed by atoms with Crippen LogP contribution in [-0.4, -0.2) is 39.7 Å². The van der Waals surface area contributed by atoms with Crippen molar-refractivity contribution >= 4 is 22.1 Å². The summed E-state index contributed by atoms with van der Waals surface area (Å²) >= 11 is 5.13. The number of rotatable bonds is 5. The normalized spacial score (nSPS) is 11.6. The third-order valence-corrected chi connectivity index (χ3v) is 4.74. The minimum absolute atomic E-state index is 0.0462. The number of aromatic amines is 1. The number of hydrogen-bond acceptors (Lipinski definition) is 5. The Labute approximate surface area is 116 Å². The van der Waals surface area contributed by atoms with Crippen LogP contribution in [0, 0.1) is 4.77 Å². The molecule has 0 bridgehead atoms. The van der Waals surface area contributed by atoms with Crippen LogP contribution in [0.25, 0.3) is 11.4 Å². The number of hydrogen-bond donors (Lipinski definition) is 1. The predicted molar refractivity (Wildman–Crippen MR) is 75.0 cm³/mol. The first kappa shape index (κ1) is 13.9. The molecule has 0 amide bonds. The summed E-state index contributed by atoms with van der Waals surface area (Å²) in [5, 5.41) is 6.81. The van der Waals surface area contributed by atoms with Gasteiger partial charge >= 0.3 is 0 Å². The molecule has 102 valence electrons. The number of H-pyrrole nitrogens is 1. The van der Waals surface area contributed by atoms with Gasteiger partial charge in [0.05, 0.1) is 5.75 Å². The topological polar surface area (TPSA) is 80.6 Å². The fourth-order valence-electron chi connectivity index (χ4n) is 1.62. The van der Waals surface area contributed by atoms with E-state index in [2.05, 4.69) is 15.2 Å². The smallest absolute Gasteiger partial charge is 0.195 e. The van der Waals surface area contributed by atoms with Crippen molar-refractivity contribution in [1.29, 1.82) is 0 Å². The first-order chi connectivity index (χ1) is 9.03.